The summed E-state index contributed by atoms with van der Waals surface area (Å²) in [6.45, 7) is 0.172. The van der Waals surface area contributed by atoms with Crippen molar-refractivity contribution in [3.63, 3.8) is 0 Å². The number of benzene rings is 2. The molecule has 1 N–H and O–H groups in total. The molecule has 2 aromatic carbocycles. The third kappa shape index (κ3) is 3.26. The average molecular weight is 350 g/mol. The first-order valence-corrected chi connectivity index (χ1v) is 7.19. The molecule has 3 rings (SSSR count). The number of nitrogens with zero attached hydrogens (tertiary/aromatic N) is 3. The molecule has 0 fully saturated rings. The van der Waals surface area contributed by atoms with Crippen LogP contribution in [-0.4, -0.2) is 26.1 Å². The minimum absolute atomic E-state index is 0.0239. The Balaban J connectivity index is 2.10. The first-order valence-electron chi connectivity index (χ1n) is 6.82. The molecule has 0 saturated heterocycles. The molecule has 0 aliphatic rings. The summed E-state index contributed by atoms with van der Waals surface area (Å²) in [5.41, 5.74) is 0.466. The van der Waals surface area contributed by atoms with Crippen LogP contribution < -0.4 is 0 Å². The Morgan fingerprint density at radius 1 is 1.12 bits per heavy atom. The Kier molecular flexibility index (Phi) is 4.26. The molecule has 24 heavy (non-hydrogen) atoms. The maximum Gasteiger partial charge on any atom is 0.358 e. The largest absolute Gasteiger partial charge is 0.476 e. The summed E-state index contributed by atoms with van der Waals surface area (Å²) in [5.74, 6) is -2.97. The predicted molar refractivity (Wildman–Crippen MR) is 82.9 cm³/mol. The molecular formula is C16H10ClF2N3O2. The van der Waals surface area contributed by atoms with Crippen LogP contribution in [0.2, 0.25) is 5.02 Å². The maximum atomic E-state index is 13.5. The lowest BCUT2D eigenvalue weighted by molar-refractivity contribution is 0.0691. The molecule has 0 atom stereocenters. The SMILES string of the molecule is O=C(O)c1nnn(Cc2ccc(Cl)cc2)c1-c1cc(F)cc(F)c1. The maximum absolute atomic E-state index is 13.5. The Morgan fingerprint density at radius 3 is 2.33 bits per heavy atom. The summed E-state index contributed by atoms with van der Waals surface area (Å²) in [6.07, 6.45) is 0. The normalized spacial score (nSPS) is 10.8. The first-order chi connectivity index (χ1) is 11.4. The van der Waals surface area contributed by atoms with Gasteiger partial charge in [-0.2, -0.15) is 0 Å². The molecule has 5 nitrogen and oxygen atoms in total. The number of aromatic carboxylic acids is 1. The van der Waals surface area contributed by atoms with Gasteiger partial charge in [-0.25, -0.2) is 18.3 Å². The second-order valence-electron chi connectivity index (χ2n) is 5.03. The minimum atomic E-state index is -1.34. The summed E-state index contributed by atoms with van der Waals surface area (Å²) in [7, 11) is 0. The van der Waals surface area contributed by atoms with Gasteiger partial charge >= 0.3 is 5.97 Å². The Hall–Kier alpha value is -2.80. The standard InChI is InChI=1S/C16H10ClF2N3O2/c17-11-3-1-9(2-4-11)8-22-15(14(16(23)24)20-21-22)10-5-12(18)7-13(19)6-10/h1-7H,8H2,(H,23,24). The van der Waals surface area contributed by atoms with Crippen LogP contribution in [0.15, 0.2) is 42.5 Å². The van der Waals surface area contributed by atoms with Crippen molar-refractivity contribution in [3.05, 3.63) is 70.4 Å². The third-order valence-corrected chi connectivity index (χ3v) is 3.57. The second-order valence-corrected chi connectivity index (χ2v) is 5.47. The Labute approximate surface area is 140 Å². The molecular weight excluding hydrogens is 340 g/mol. The van der Waals surface area contributed by atoms with Crippen LogP contribution in [0, 0.1) is 11.6 Å². The van der Waals surface area contributed by atoms with Gasteiger partial charge in [0.15, 0.2) is 5.69 Å². The smallest absolute Gasteiger partial charge is 0.358 e. The second kappa shape index (κ2) is 6.37. The fraction of sp³-hybridized carbons (Fsp3) is 0.0625. The van der Waals surface area contributed by atoms with Gasteiger partial charge in [-0.15, -0.1) is 5.10 Å². The van der Waals surface area contributed by atoms with Gasteiger partial charge < -0.3 is 5.11 Å². The Morgan fingerprint density at radius 2 is 1.75 bits per heavy atom. The van der Waals surface area contributed by atoms with E-state index in [1.807, 2.05) is 0 Å². The first kappa shape index (κ1) is 16.1. The van der Waals surface area contributed by atoms with E-state index in [2.05, 4.69) is 10.3 Å². The van der Waals surface area contributed by atoms with Gasteiger partial charge in [0.25, 0.3) is 0 Å². The zero-order valence-corrected chi connectivity index (χ0v) is 12.8. The average Bonchev–Trinajstić information content (AvgIpc) is 2.92. The zero-order valence-electron chi connectivity index (χ0n) is 12.1. The fourth-order valence-corrected chi connectivity index (χ4v) is 2.43. The molecule has 0 saturated carbocycles. The highest BCUT2D eigenvalue weighted by atomic mass is 35.5. The highest BCUT2D eigenvalue weighted by Crippen LogP contribution is 2.25. The van der Waals surface area contributed by atoms with Crippen molar-refractivity contribution in [1.82, 2.24) is 15.0 Å². The van der Waals surface area contributed by atoms with Crippen LogP contribution in [0.25, 0.3) is 11.3 Å². The Bertz CT molecular complexity index is 890. The molecule has 0 spiro atoms. The minimum Gasteiger partial charge on any atom is -0.476 e. The van der Waals surface area contributed by atoms with Crippen molar-refractivity contribution in [1.29, 1.82) is 0 Å². The van der Waals surface area contributed by atoms with Gasteiger partial charge in [0, 0.05) is 16.7 Å². The number of aromatic nitrogens is 3. The van der Waals surface area contributed by atoms with E-state index in [9.17, 15) is 18.7 Å². The van der Waals surface area contributed by atoms with Crippen molar-refractivity contribution in [2.75, 3.05) is 0 Å². The van der Waals surface area contributed by atoms with E-state index in [-0.39, 0.29) is 23.5 Å². The van der Waals surface area contributed by atoms with E-state index in [0.29, 0.717) is 11.1 Å². The van der Waals surface area contributed by atoms with E-state index < -0.39 is 17.6 Å². The van der Waals surface area contributed by atoms with Crippen LogP contribution in [0.1, 0.15) is 16.1 Å². The monoisotopic (exact) mass is 349 g/mol. The highest BCUT2D eigenvalue weighted by Gasteiger charge is 2.21. The van der Waals surface area contributed by atoms with Gasteiger partial charge in [-0.05, 0) is 29.8 Å². The summed E-state index contributed by atoms with van der Waals surface area (Å²) in [6, 6.07) is 9.60. The summed E-state index contributed by atoms with van der Waals surface area (Å²) >= 11 is 5.83. The van der Waals surface area contributed by atoms with Gasteiger partial charge in [0.1, 0.15) is 17.3 Å². The van der Waals surface area contributed by atoms with Crippen LogP contribution in [0.3, 0.4) is 0 Å². The fourth-order valence-electron chi connectivity index (χ4n) is 2.31. The molecule has 1 heterocycles. The molecule has 1 aromatic heterocycles. The quantitative estimate of drug-likeness (QED) is 0.781. The molecule has 122 valence electrons. The lowest BCUT2D eigenvalue weighted by atomic mass is 10.1. The topological polar surface area (TPSA) is 68.0 Å². The van der Waals surface area contributed by atoms with Crippen molar-refractivity contribution < 1.29 is 18.7 Å². The van der Waals surface area contributed by atoms with Crippen molar-refractivity contribution in [2.45, 2.75) is 6.54 Å². The van der Waals surface area contributed by atoms with E-state index in [4.69, 9.17) is 11.6 Å². The summed E-state index contributed by atoms with van der Waals surface area (Å²) < 4.78 is 28.3. The highest BCUT2D eigenvalue weighted by molar-refractivity contribution is 6.30. The van der Waals surface area contributed by atoms with Crippen molar-refractivity contribution >= 4 is 17.6 Å². The molecule has 0 bridgehead atoms. The van der Waals surface area contributed by atoms with Gasteiger partial charge in [-0.3, -0.25) is 0 Å². The summed E-state index contributed by atoms with van der Waals surface area (Å²) in [4.78, 5) is 11.4. The summed E-state index contributed by atoms with van der Waals surface area (Å²) in [5, 5.41) is 17.2. The number of halogens is 3. The third-order valence-electron chi connectivity index (χ3n) is 3.32. The molecule has 0 amide bonds. The number of hydrogen-bond donors (Lipinski definition) is 1. The molecule has 0 unspecified atom stereocenters. The van der Waals surface area contributed by atoms with Crippen LogP contribution in [0.5, 0.6) is 0 Å². The predicted octanol–water partition coefficient (Wildman–Crippen LogP) is 3.62. The van der Waals surface area contributed by atoms with E-state index >= 15 is 0 Å². The number of hydrogen-bond acceptors (Lipinski definition) is 3. The van der Waals surface area contributed by atoms with Crippen LogP contribution >= 0.6 is 11.6 Å². The number of carbonyl (C=O) groups is 1. The van der Waals surface area contributed by atoms with E-state index in [1.54, 1.807) is 24.3 Å². The lowest BCUT2D eigenvalue weighted by Gasteiger charge is -2.08. The van der Waals surface area contributed by atoms with Crippen molar-refractivity contribution in [2.24, 2.45) is 0 Å². The number of carboxylic acids is 1. The van der Waals surface area contributed by atoms with Crippen LogP contribution in [-0.2, 0) is 6.54 Å². The molecule has 0 radical (unpaired) electrons. The molecule has 0 aliphatic heterocycles. The lowest BCUT2D eigenvalue weighted by Crippen LogP contribution is -2.06. The van der Waals surface area contributed by atoms with Crippen LogP contribution in [0.4, 0.5) is 8.78 Å². The van der Waals surface area contributed by atoms with Gasteiger partial charge in [0.2, 0.25) is 0 Å². The van der Waals surface area contributed by atoms with E-state index in [0.717, 1.165) is 17.7 Å². The van der Waals surface area contributed by atoms with Gasteiger partial charge in [-0.1, -0.05) is 28.9 Å². The van der Waals surface area contributed by atoms with Gasteiger partial charge in [0.05, 0.1) is 6.54 Å². The zero-order chi connectivity index (χ0) is 17.3. The molecule has 3 aromatic rings. The molecule has 8 heteroatoms. The number of carboxylic acid groups (broad SMARTS) is 1. The molecule has 0 aliphatic carbocycles. The number of rotatable bonds is 4. The van der Waals surface area contributed by atoms with E-state index in [1.165, 1.54) is 4.68 Å². The van der Waals surface area contributed by atoms with Crippen molar-refractivity contribution in [3.8, 4) is 11.3 Å².